The van der Waals surface area contributed by atoms with Gasteiger partial charge in [-0.3, -0.25) is 0 Å². The highest BCUT2D eigenvalue weighted by atomic mass is 35.7. The fourth-order valence-electron chi connectivity index (χ4n) is 1.15. The van der Waals surface area contributed by atoms with Crippen molar-refractivity contribution in [1.29, 1.82) is 0 Å². The van der Waals surface area contributed by atoms with E-state index in [1.54, 1.807) is 31.4 Å². The van der Waals surface area contributed by atoms with Crippen molar-refractivity contribution in [2.24, 2.45) is 0 Å². The molecule has 1 aromatic carbocycles. The van der Waals surface area contributed by atoms with Crippen LogP contribution in [-0.4, -0.2) is 41.1 Å². The molecule has 5 nitrogen and oxygen atoms in total. The Bertz CT molecular complexity index is 443. The van der Waals surface area contributed by atoms with Gasteiger partial charge in [0.05, 0.1) is 26.1 Å². The fraction of sp³-hybridized carbons (Fsp3) is 0.455. The summed E-state index contributed by atoms with van der Waals surface area (Å²) in [4.78, 5) is 0. The van der Waals surface area contributed by atoms with Crippen LogP contribution in [0.15, 0.2) is 24.3 Å². The van der Waals surface area contributed by atoms with Crippen LogP contribution in [0.3, 0.4) is 0 Å². The van der Waals surface area contributed by atoms with E-state index in [1.807, 2.05) is 0 Å². The van der Waals surface area contributed by atoms with E-state index in [4.69, 9.17) is 24.9 Å². The molecule has 0 spiro atoms. The monoisotopic (exact) mass is 294 g/mol. The first-order valence-electron chi connectivity index (χ1n) is 5.28. The fourth-order valence-corrected chi connectivity index (χ4v) is 1.66. The van der Waals surface area contributed by atoms with Gasteiger partial charge in [0.25, 0.3) is 0 Å². The maximum absolute atomic E-state index is 10.6. The Labute approximate surface area is 111 Å². The summed E-state index contributed by atoms with van der Waals surface area (Å²) in [6.45, 7) is 0.713. The van der Waals surface area contributed by atoms with Gasteiger partial charge in [-0.25, -0.2) is 8.42 Å². The molecule has 1 aromatic rings. The van der Waals surface area contributed by atoms with E-state index in [0.717, 1.165) is 5.75 Å². The van der Waals surface area contributed by atoms with Crippen molar-refractivity contribution >= 4 is 19.7 Å². The molecule has 1 rings (SSSR count). The zero-order valence-corrected chi connectivity index (χ0v) is 11.5. The zero-order valence-electron chi connectivity index (χ0n) is 9.97. The second-order valence-corrected chi connectivity index (χ2v) is 6.28. The molecule has 7 heteroatoms. The van der Waals surface area contributed by atoms with Gasteiger partial charge in [0.15, 0.2) is 0 Å². The normalized spacial score (nSPS) is 11.2. The molecule has 0 radical (unpaired) electrons. The first-order chi connectivity index (χ1) is 8.51. The van der Waals surface area contributed by atoms with Crippen molar-refractivity contribution in [2.75, 3.05) is 32.7 Å². The molecule has 0 aliphatic carbocycles. The van der Waals surface area contributed by atoms with Crippen molar-refractivity contribution in [3.8, 4) is 11.5 Å². The summed E-state index contributed by atoms with van der Waals surface area (Å²) in [7, 11) is 3.13. The lowest BCUT2D eigenvalue weighted by Crippen LogP contribution is -2.11. The molecule has 0 saturated heterocycles. The minimum atomic E-state index is -3.48. The second-order valence-electron chi connectivity index (χ2n) is 3.38. The van der Waals surface area contributed by atoms with Crippen molar-refractivity contribution < 1.29 is 22.6 Å². The molecule has 0 amide bonds. The Balaban J connectivity index is 2.14. The SMILES string of the molecule is COc1ccc(OCCOCCS(=O)(=O)Cl)cc1. The number of benzene rings is 1. The number of ether oxygens (including phenoxy) is 3. The molecule has 0 bridgehead atoms. The Kier molecular flexibility index (Phi) is 6.24. The van der Waals surface area contributed by atoms with Gasteiger partial charge in [-0.1, -0.05) is 0 Å². The molecule has 18 heavy (non-hydrogen) atoms. The summed E-state index contributed by atoms with van der Waals surface area (Å²) < 4.78 is 36.6. The lowest BCUT2D eigenvalue weighted by Gasteiger charge is -2.07. The smallest absolute Gasteiger partial charge is 0.234 e. The molecule has 102 valence electrons. The molecule has 0 heterocycles. The third kappa shape index (κ3) is 6.68. The van der Waals surface area contributed by atoms with Gasteiger partial charge in [0.1, 0.15) is 18.1 Å². The maximum atomic E-state index is 10.6. The van der Waals surface area contributed by atoms with Crippen LogP contribution in [0.25, 0.3) is 0 Å². The van der Waals surface area contributed by atoms with E-state index in [0.29, 0.717) is 19.0 Å². The summed E-state index contributed by atoms with van der Waals surface area (Å²) in [5.74, 6) is 1.26. The van der Waals surface area contributed by atoms with E-state index in [1.165, 1.54) is 0 Å². The van der Waals surface area contributed by atoms with Crippen LogP contribution in [0.5, 0.6) is 11.5 Å². The molecular weight excluding hydrogens is 280 g/mol. The highest BCUT2D eigenvalue weighted by molar-refractivity contribution is 8.13. The summed E-state index contributed by atoms with van der Waals surface area (Å²) in [6.07, 6.45) is 0. The van der Waals surface area contributed by atoms with Gasteiger partial charge in [0.2, 0.25) is 9.05 Å². The van der Waals surface area contributed by atoms with Gasteiger partial charge in [-0.2, -0.15) is 0 Å². The molecule has 0 N–H and O–H groups in total. The number of halogens is 1. The summed E-state index contributed by atoms with van der Waals surface area (Å²) in [5, 5.41) is 0. The maximum Gasteiger partial charge on any atom is 0.234 e. The van der Waals surface area contributed by atoms with E-state index in [9.17, 15) is 8.42 Å². The van der Waals surface area contributed by atoms with E-state index < -0.39 is 9.05 Å². The van der Waals surface area contributed by atoms with Gasteiger partial charge in [0, 0.05) is 10.7 Å². The molecule has 0 atom stereocenters. The number of hydrogen-bond acceptors (Lipinski definition) is 5. The number of rotatable bonds is 8. The summed E-state index contributed by atoms with van der Waals surface area (Å²) in [6, 6.07) is 7.14. The standard InChI is InChI=1S/C11H15ClO5S/c1-15-10-2-4-11(5-3-10)17-7-6-16-8-9-18(12,13)14/h2-5H,6-9H2,1H3. The van der Waals surface area contributed by atoms with E-state index in [-0.39, 0.29) is 12.4 Å². The average molecular weight is 295 g/mol. The van der Waals surface area contributed by atoms with Gasteiger partial charge in [-0.15, -0.1) is 0 Å². The van der Waals surface area contributed by atoms with Gasteiger partial charge < -0.3 is 14.2 Å². The van der Waals surface area contributed by atoms with Crippen LogP contribution in [0.1, 0.15) is 0 Å². The summed E-state index contributed by atoms with van der Waals surface area (Å²) >= 11 is 0. The highest BCUT2D eigenvalue weighted by Gasteiger charge is 2.04. The highest BCUT2D eigenvalue weighted by Crippen LogP contribution is 2.16. The van der Waals surface area contributed by atoms with Gasteiger partial charge >= 0.3 is 0 Å². The topological polar surface area (TPSA) is 61.8 Å². The molecule has 0 fully saturated rings. The van der Waals surface area contributed by atoms with E-state index in [2.05, 4.69) is 0 Å². The Morgan fingerprint density at radius 1 is 1.06 bits per heavy atom. The van der Waals surface area contributed by atoms with Crippen LogP contribution in [0.2, 0.25) is 0 Å². The van der Waals surface area contributed by atoms with Crippen molar-refractivity contribution in [1.82, 2.24) is 0 Å². The Morgan fingerprint density at radius 2 is 1.67 bits per heavy atom. The van der Waals surface area contributed by atoms with E-state index >= 15 is 0 Å². The van der Waals surface area contributed by atoms with Crippen LogP contribution in [0.4, 0.5) is 0 Å². The minimum absolute atomic E-state index is 0.0673. The lowest BCUT2D eigenvalue weighted by atomic mass is 10.3. The zero-order chi connectivity index (χ0) is 13.4. The number of methoxy groups -OCH3 is 1. The molecular formula is C11H15ClO5S. The van der Waals surface area contributed by atoms with Crippen LogP contribution >= 0.6 is 10.7 Å². The Hall–Kier alpha value is -0.980. The van der Waals surface area contributed by atoms with Gasteiger partial charge in [-0.05, 0) is 24.3 Å². The van der Waals surface area contributed by atoms with Crippen molar-refractivity contribution in [3.05, 3.63) is 24.3 Å². The predicted octanol–water partition coefficient (Wildman–Crippen LogP) is 1.66. The van der Waals surface area contributed by atoms with Crippen molar-refractivity contribution in [3.63, 3.8) is 0 Å². The first-order valence-corrected chi connectivity index (χ1v) is 7.76. The Morgan fingerprint density at radius 3 is 2.22 bits per heavy atom. The van der Waals surface area contributed by atoms with Crippen LogP contribution in [0, 0.1) is 0 Å². The molecule has 0 aromatic heterocycles. The third-order valence-electron chi connectivity index (χ3n) is 2.03. The molecule has 0 aliphatic rings. The average Bonchev–Trinajstić information content (AvgIpc) is 2.33. The first kappa shape index (κ1) is 15.1. The quantitative estimate of drug-likeness (QED) is 0.539. The van der Waals surface area contributed by atoms with Crippen LogP contribution < -0.4 is 9.47 Å². The largest absolute Gasteiger partial charge is 0.497 e. The predicted molar refractivity (Wildman–Crippen MR) is 68.9 cm³/mol. The van der Waals surface area contributed by atoms with Crippen molar-refractivity contribution in [2.45, 2.75) is 0 Å². The molecule has 0 saturated carbocycles. The number of hydrogen-bond donors (Lipinski definition) is 0. The minimum Gasteiger partial charge on any atom is -0.497 e. The summed E-state index contributed by atoms with van der Waals surface area (Å²) in [5.41, 5.74) is 0. The second kappa shape index (κ2) is 7.45. The lowest BCUT2D eigenvalue weighted by molar-refractivity contribution is 0.111. The molecule has 0 aliphatic heterocycles. The molecule has 0 unspecified atom stereocenters. The third-order valence-corrected chi connectivity index (χ3v) is 3.14. The van der Waals surface area contributed by atoms with Crippen LogP contribution in [-0.2, 0) is 13.8 Å².